The molecule has 1 N–H and O–H groups in total. The zero-order valence-electron chi connectivity index (χ0n) is 11.9. The molecule has 120 valence electrons. The average Bonchev–Trinajstić information content (AvgIpc) is 2.92. The highest BCUT2D eigenvalue weighted by molar-refractivity contribution is 7.18. The molecule has 3 aromatic rings. The van der Waals surface area contributed by atoms with Crippen LogP contribution in [0.15, 0.2) is 30.6 Å². The highest BCUT2D eigenvalue weighted by Gasteiger charge is 2.31. The lowest BCUT2D eigenvalue weighted by Gasteiger charge is -2.12. The Morgan fingerprint density at radius 2 is 2.00 bits per heavy atom. The summed E-state index contributed by atoms with van der Waals surface area (Å²) in [5, 5.41) is 3.85. The first-order valence-corrected chi connectivity index (χ1v) is 7.95. The first-order chi connectivity index (χ1) is 10.9. The van der Waals surface area contributed by atoms with Crippen LogP contribution in [0.3, 0.4) is 0 Å². The summed E-state index contributed by atoms with van der Waals surface area (Å²) in [6.07, 6.45) is -2.20. The number of alkyl halides is 3. The molecule has 1 aromatic carbocycles. The van der Waals surface area contributed by atoms with Gasteiger partial charge in [-0.25, -0.2) is 9.97 Å². The molecular formula is C15H11ClF3N3S. The number of rotatable bonds is 3. The maximum atomic E-state index is 12.8. The Hall–Kier alpha value is -1.86. The molecule has 0 amide bonds. The fourth-order valence-corrected chi connectivity index (χ4v) is 3.20. The number of benzene rings is 1. The van der Waals surface area contributed by atoms with Crippen LogP contribution in [0.1, 0.15) is 17.4 Å². The molecule has 3 rings (SSSR count). The van der Waals surface area contributed by atoms with Crippen LogP contribution in [-0.2, 0) is 12.6 Å². The summed E-state index contributed by atoms with van der Waals surface area (Å²) in [5.74, 6) is 0.437. The number of aryl methyl sites for hydroxylation is 1. The van der Waals surface area contributed by atoms with E-state index >= 15 is 0 Å². The van der Waals surface area contributed by atoms with Crippen LogP contribution in [-0.4, -0.2) is 9.97 Å². The van der Waals surface area contributed by atoms with Crippen LogP contribution in [0.4, 0.5) is 24.7 Å². The molecular weight excluding hydrogens is 347 g/mol. The van der Waals surface area contributed by atoms with Gasteiger partial charge in [0.05, 0.1) is 21.7 Å². The lowest BCUT2D eigenvalue weighted by molar-refractivity contribution is -0.137. The minimum absolute atomic E-state index is 0.158. The zero-order valence-corrected chi connectivity index (χ0v) is 13.5. The second-order valence-electron chi connectivity index (χ2n) is 4.82. The van der Waals surface area contributed by atoms with Crippen molar-refractivity contribution < 1.29 is 13.2 Å². The van der Waals surface area contributed by atoms with E-state index in [1.807, 2.05) is 13.0 Å². The largest absolute Gasteiger partial charge is 0.416 e. The molecule has 8 heteroatoms. The van der Waals surface area contributed by atoms with Crippen molar-refractivity contribution in [3.63, 3.8) is 0 Å². The van der Waals surface area contributed by atoms with E-state index in [0.717, 1.165) is 33.6 Å². The minimum atomic E-state index is -4.43. The van der Waals surface area contributed by atoms with Crippen LogP contribution in [0.25, 0.3) is 10.2 Å². The molecule has 23 heavy (non-hydrogen) atoms. The van der Waals surface area contributed by atoms with Gasteiger partial charge in [0.25, 0.3) is 0 Å². The smallest absolute Gasteiger partial charge is 0.338 e. The number of anilines is 2. The first kappa shape index (κ1) is 16.0. The Balaban J connectivity index is 2.04. The average molecular weight is 358 g/mol. The molecule has 2 heterocycles. The van der Waals surface area contributed by atoms with Gasteiger partial charge in [0.2, 0.25) is 0 Å². The predicted octanol–water partition coefficient (Wildman–Crippen LogP) is 5.67. The summed E-state index contributed by atoms with van der Waals surface area (Å²) in [6, 6.07) is 5.08. The van der Waals surface area contributed by atoms with Crippen molar-refractivity contribution in [1.82, 2.24) is 9.97 Å². The molecule has 0 fully saturated rings. The lowest BCUT2D eigenvalue weighted by Crippen LogP contribution is -2.06. The number of halogens is 4. The van der Waals surface area contributed by atoms with E-state index in [1.165, 1.54) is 23.7 Å². The highest BCUT2D eigenvalue weighted by Crippen LogP contribution is 2.36. The molecule has 0 atom stereocenters. The second kappa shape index (κ2) is 5.98. The molecule has 0 unspecified atom stereocenters. The number of nitrogens with zero attached hydrogens (tertiary/aromatic N) is 2. The van der Waals surface area contributed by atoms with E-state index in [9.17, 15) is 13.2 Å². The van der Waals surface area contributed by atoms with Crippen LogP contribution < -0.4 is 5.32 Å². The minimum Gasteiger partial charge on any atom is -0.338 e. The zero-order chi connectivity index (χ0) is 16.6. The van der Waals surface area contributed by atoms with E-state index < -0.39 is 11.7 Å². The third-order valence-corrected chi connectivity index (χ3v) is 4.79. The van der Waals surface area contributed by atoms with Gasteiger partial charge in [-0.3, -0.25) is 0 Å². The van der Waals surface area contributed by atoms with E-state index in [1.54, 1.807) is 0 Å². The predicted molar refractivity (Wildman–Crippen MR) is 86.5 cm³/mol. The number of aromatic nitrogens is 2. The van der Waals surface area contributed by atoms with E-state index in [0.29, 0.717) is 5.82 Å². The molecule has 2 aromatic heterocycles. The van der Waals surface area contributed by atoms with Crippen molar-refractivity contribution >= 4 is 44.7 Å². The topological polar surface area (TPSA) is 37.8 Å². The number of fused-ring (bicyclic) bond motifs is 1. The fourth-order valence-electron chi connectivity index (χ4n) is 2.10. The summed E-state index contributed by atoms with van der Waals surface area (Å²) >= 11 is 7.54. The molecule has 0 spiro atoms. The summed E-state index contributed by atoms with van der Waals surface area (Å²) in [5.41, 5.74) is -0.611. The Kier molecular flexibility index (Phi) is 4.16. The Bertz CT molecular complexity index is 861. The SMILES string of the molecule is CCc1cc2c(Nc3cc(C(F)(F)F)ccc3Cl)ncnc2s1. The molecule has 0 saturated heterocycles. The monoisotopic (exact) mass is 357 g/mol. The van der Waals surface area contributed by atoms with E-state index in [2.05, 4.69) is 15.3 Å². The summed E-state index contributed by atoms with van der Waals surface area (Å²) < 4.78 is 38.5. The maximum absolute atomic E-state index is 12.8. The van der Waals surface area contributed by atoms with Crippen molar-refractivity contribution in [1.29, 1.82) is 0 Å². The van der Waals surface area contributed by atoms with Crippen LogP contribution in [0.2, 0.25) is 5.02 Å². The van der Waals surface area contributed by atoms with Gasteiger partial charge in [-0.1, -0.05) is 18.5 Å². The van der Waals surface area contributed by atoms with E-state index in [-0.39, 0.29) is 10.7 Å². The number of nitrogens with one attached hydrogen (secondary N) is 1. The van der Waals surface area contributed by atoms with Crippen molar-refractivity contribution in [2.45, 2.75) is 19.5 Å². The first-order valence-electron chi connectivity index (χ1n) is 6.75. The van der Waals surface area contributed by atoms with Gasteiger partial charge in [0.15, 0.2) is 0 Å². The number of hydrogen-bond donors (Lipinski definition) is 1. The highest BCUT2D eigenvalue weighted by atomic mass is 35.5. The van der Waals surface area contributed by atoms with Gasteiger partial charge in [0, 0.05) is 4.88 Å². The molecule has 0 aliphatic rings. The van der Waals surface area contributed by atoms with Gasteiger partial charge in [0.1, 0.15) is 17.0 Å². The van der Waals surface area contributed by atoms with Gasteiger partial charge in [-0.15, -0.1) is 11.3 Å². The van der Waals surface area contributed by atoms with Crippen LogP contribution in [0.5, 0.6) is 0 Å². The molecule has 0 aliphatic heterocycles. The second-order valence-corrected chi connectivity index (χ2v) is 6.35. The van der Waals surface area contributed by atoms with Crippen molar-refractivity contribution in [3.8, 4) is 0 Å². The van der Waals surface area contributed by atoms with Crippen molar-refractivity contribution in [3.05, 3.63) is 46.1 Å². The standard InChI is InChI=1S/C15H11ClF3N3S/c1-2-9-6-10-13(20-7-21-14(10)23-9)22-12-5-8(15(17,18)19)3-4-11(12)16/h3-7H,2H2,1H3,(H,20,21,22). The van der Waals surface area contributed by atoms with Crippen LogP contribution >= 0.6 is 22.9 Å². The summed E-state index contributed by atoms with van der Waals surface area (Å²) in [7, 11) is 0. The van der Waals surface area contributed by atoms with Crippen molar-refractivity contribution in [2.75, 3.05) is 5.32 Å². The molecule has 0 saturated carbocycles. The molecule has 0 aliphatic carbocycles. The fraction of sp³-hybridized carbons (Fsp3) is 0.200. The Morgan fingerprint density at radius 3 is 2.70 bits per heavy atom. The third-order valence-electron chi connectivity index (χ3n) is 3.28. The van der Waals surface area contributed by atoms with Gasteiger partial charge in [-0.05, 0) is 30.7 Å². The summed E-state index contributed by atoms with van der Waals surface area (Å²) in [6.45, 7) is 2.02. The van der Waals surface area contributed by atoms with Gasteiger partial charge >= 0.3 is 6.18 Å². The Labute approximate surface area is 139 Å². The molecule has 0 radical (unpaired) electrons. The number of hydrogen-bond acceptors (Lipinski definition) is 4. The summed E-state index contributed by atoms with van der Waals surface area (Å²) in [4.78, 5) is 10.2. The van der Waals surface area contributed by atoms with Crippen LogP contribution in [0, 0.1) is 0 Å². The van der Waals surface area contributed by atoms with Gasteiger partial charge < -0.3 is 5.32 Å². The maximum Gasteiger partial charge on any atom is 0.416 e. The lowest BCUT2D eigenvalue weighted by atomic mass is 10.2. The quantitative estimate of drug-likeness (QED) is 0.656. The third kappa shape index (κ3) is 3.25. The Morgan fingerprint density at radius 1 is 1.22 bits per heavy atom. The molecule has 0 bridgehead atoms. The van der Waals surface area contributed by atoms with Gasteiger partial charge in [-0.2, -0.15) is 13.2 Å². The van der Waals surface area contributed by atoms with E-state index in [4.69, 9.17) is 11.6 Å². The number of thiophene rings is 1. The molecule has 3 nitrogen and oxygen atoms in total. The van der Waals surface area contributed by atoms with Crippen molar-refractivity contribution in [2.24, 2.45) is 0 Å². The normalized spacial score (nSPS) is 11.9.